The number of likely N-dealkylation sites (N-methyl/N-ethyl adjacent to an activating group) is 1. The van der Waals surface area contributed by atoms with Crippen LogP contribution in [0, 0.1) is 6.92 Å². The highest BCUT2D eigenvalue weighted by Gasteiger charge is 2.17. The third-order valence-corrected chi connectivity index (χ3v) is 4.24. The van der Waals surface area contributed by atoms with Crippen molar-refractivity contribution in [3.05, 3.63) is 46.0 Å². The van der Waals surface area contributed by atoms with Crippen LogP contribution in [0.1, 0.15) is 28.6 Å². The molecule has 1 aromatic heterocycles. The third kappa shape index (κ3) is 4.60. The van der Waals surface area contributed by atoms with Crippen molar-refractivity contribution in [2.24, 2.45) is 10.3 Å². The lowest BCUT2D eigenvalue weighted by Gasteiger charge is -2.10. The normalized spacial score (nSPS) is 12.0. The quantitative estimate of drug-likeness (QED) is 0.600. The lowest BCUT2D eigenvalue weighted by Crippen LogP contribution is -2.29. The van der Waals surface area contributed by atoms with Crippen LogP contribution in [-0.2, 0) is 21.1 Å². The van der Waals surface area contributed by atoms with Gasteiger partial charge in [0.15, 0.2) is 5.71 Å². The molecule has 0 spiro atoms. The second-order valence-electron chi connectivity index (χ2n) is 5.00. The van der Waals surface area contributed by atoms with Crippen molar-refractivity contribution in [1.82, 2.24) is 14.9 Å². The Kier molecular flexibility index (Phi) is 6.58. The fraction of sp³-hybridized carbons (Fsp3) is 0.312. The molecule has 9 heteroatoms. The smallest absolute Gasteiger partial charge is 0.273 e. The van der Waals surface area contributed by atoms with E-state index in [2.05, 4.69) is 25.2 Å². The summed E-state index contributed by atoms with van der Waals surface area (Å²) in [7, 11) is 2.92. The first kappa shape index (κ1) is 18.5. The number of rotatable bonds is 7. The molecule has 0 atom stereocenters. The summed E-state index contributed by atoms with van der Waals surface area (Å²) in [6, 6.07) is 7.28. The van der Waals surface area contributed by atoms with E-state index >= 15 is 0 Å². The topological polar surface area (TPSA) is 98.1 Å². The molecule has 1 heterocycles. The number of aromatic nitrogens is 2. The molecular formula is C16H19N5O3S. The Morgan fingerprint density at radius 2 is 2.08 bits per heavy atom. The van der Waals surface area contributed by atoms with Gasteiger partial charge in [-0.3, -0.25) is 4.79 Å². The van der Waals surface area contributed by atoms with Gasteiger partial charge in [-0.2, -0.15) is 0 Å². The Bertz CT molecular complexity index is 801. The van der Waals surface area contributed by atoms with Crippen molar-refractivity contribution in [1.29, 1.82) is 0 Å². The summed E-state index contributed by atoms with van der Waals surface area (Å²) in [6.45, 7) is 3.87. The Morgan fingerprint density at radius 3 is 2.72 bits per heavy atom. The Balaban J connectivity index is 2.19. The zero-order valence-electron chi connectivity index (χ0n) is 14.4. The summed E-state index contributed by atoms with van der Waals surface area (Å²) < 4.78 is 3.88. The molecule has 1 amide bonds. The molecule has 8 nitrogen and oxygen atoms in total. The van der Waals surface area contributed by atoms with E-state index in [0.29, 0.717) is 11.3 Å². The molecule has 1 aromatic carbocycles. The van der Waals surface area contributed by atoms with Crippen molar-refractivity contribution < 1.29 is 14.5 Å². The molecule has 132 valence electrons. The van der Waals surface area contributed by atoms with Crippen LogP contribution in [0.2, 0.25) is 0 Å². The van der Waals surface area contributed by atoms with E-state index in [1.54, 1.807) is 6.07 Å². The molecule has 0 saturated heterocycles. The van der Waals surface area contributed by atoms with Gasteiger partial charge in [0, 0.05) is 18.2 Å². The number of aryl methyl sites for hydroxylation is 1. The van der Waals surface area contributed by atoms with Crippen LogP contribution < -0.4 is 5.32 Å². The van der Waals surface area contributed by atoms with Gasteiger partial charge in [-0.25, -0.2) is 0 Å². The number of hydrogen-bond donors (Lipinski definition) is 1. The minimum Gasteiger partial charge on any atom is -0.398 e. The molecule has 0 fully saturated rings. The van der Waals surface area contributed by atoms with Crippen molar-refractivity contribution >= 4 is 28.9 Å². The number of carbonyl (C=O) groups is 1. The van der Waals surface area contributed by atoms with Gasteiger partial charge in [-0.15, -0.1) is 5.10 Å². The van der Waals surface area contributed by atoms with Gasteiger partial charge < -0.3 is 15.0 Å². The maximum Gasteiger partial charge on any atom is 0.273 e. The first-order valence-corrected chi connectivity index (χ1v) is 8.23. The van der Waals surface area contributed by atoms with Crippen LogP contribution >= 0.6 is 11.5 Å². The molecule has 1 N–H and O–H groups in total. The predicted octanol–water partition coefficient (Wildman–Crippen LogP) is 1.88. The fourth-order valence-corrected chi connectivity index (χ4v) is 2.69. The van der Waals surface area contributed by atoms with Crippen molar-refractivity contribution in [3.63, 3.8) is 0 Å². The number of oxime groups is 2. The van der Waals surface area contributed by atoms with Gasteiger partial charge >= 0.3 is 0 Å². The highest BCUT2D eigenvalue weighted by molar-refractivity contribution is 7.08. The summed E-state index contributed by atoms with van der Waals surface area (Å²) in [6.07, 6.45) is 0. The highest BCUT2D eigenvalue weighted by Crippen LogP contribution is 2.14. The molecular weight excluding hydrogens is 342 g/mol. The van der Waals surface area contributed by atoms with Crippen LogP contribution in [0.3, 0.4) is 0 Å². The molecule has 25 heavy (non-hydrogen) atoms. The maximum atomic E-state index is 12.0. The Hall–Kier alpha value is -2.81. The number of nitrogens with one attached hydrogen (secondary N) is 1. The van der Waals surface area contributed by atoms with Gasteiger partial charge in [0.2, 0.25) is 0 Å². The molecule has 0 saturated carbocycles. The first-order chi connectivity index (χ1) is 12.1. The number of nitrogens with zero attached hydrogens (tertiary/aromatic N) is 4. The zero-order valence-corrected chi connectivity index (χ0v) is 15.3. The van der Waals surface area contributed by atoms with E-state index in [1.165, 1.54) is 25.7 Å². The van der Waals surface area contributed by atoms with E-state index in [4.69, 9.17) is 9.68 Å². The average molecular weight is 361 g/mol. The summed E-state index contributed by atoms with van der Waals surface area (Å²) in [5, 5.41) is 14.4. The predicted molar refractivity (Wildman–Crippen MR) is 95.7 cm³/mol. The van der Waals surface area contributed by atoms with Crippen LogP contribution in [-0.4, -0.2) is 41.1 Å². The standard InChI is InChI=1S/C16H19N5O3S/c1-10-15(25-21-18-10)11(2)19-24-9-12-7-5-6-8-13(12)14(20-23-4)16(22)17-3/h5-8H,9H2,1-4H3,(H,17,22)/b19-11+,20-14+. The molecule has 2 aromatic rings. The molecule has 0 radical (unpaired) electrons. The zero-order chi connectivity index (χ0) is 18.2. The maximum absolute atomic E-state index is 12.0. The monoisotopic (exact) mass is 361 g/mol. The highest BCUT2D eigenvalue weighted by atomic mass is 32.1. The minimum atomic E-state index is -0.347. The van der Waals surface area contributed by atoms with E-state index < -0.39 is 0 Å². The molecule has 0 aliphatic heterocycles. The van der Waals surface area contributed by atoms with Gasteiger partial charge in [0.25, 0.3) is 5.91 Å². The van der Waals surface area contributed by atoms with Crippen LogP contribution in [0.4, 0.5) is 0 Å². The van der Waals surface area contributed by atoms with E-state index in [0.717, 1.165) is 16.1 Å². The van der Waals surface area contributed by atoms with Gasteiger partial charge in [0.1, 0.15) is 13.7 Å². The number of benzene rings is 1. The molecule has 0 aliphatic rings. The van der Waals surface area contributed by atoms with E-state index in [-0.39, 0.29) is 18.2 Å². The number of amides is 1. The molecule has 0 aliphatic carbocycles. The molecule has 0 bridgehead atoms. The molecule has 0 unspecified atom stereocenters. The van der Waals surface area contributed by atoms with Crippen LogP contribution in [0.25, 0.3) is 0 Å². The average Bonchev–Trinajstić information content (AvgIpc) is 3.05. The van der Waals surface area contributed by atoms with Gasteiger partial charge in [-0.1, -0.05) is 39.1 Å². The third-order valence-electron chi connectivity index (χ3n) is 3.30. The summed E-state index contributed by atoms with van der Waals surface area (Å²) in [5.41, 5.74) is 3.06. The van der Waals surface area contributed by atoms with Gasteiger partial charge in [0.05, 0.1) is 16.3 Å². The summed E-state index contributed by atoms with van der Waals surface area (Å²) >= 11 is 1.26. The number of hydrogen-bond acceptors (Lipinski definition) is 8. The Morgan fingerprint density at radius 1 is 1.32 bits per heavy atom. The largest absolute Gasteiger partial charge is 0.398 e. The van der Waals surface area contributed by atoms with Crippen molar-refractivity contribution in [3.8, 4) is 0 Å². The SMILES string of the molecule is CNC(=O)/C(=N/OC)c1ccccc1CO/N=C(\C)c1snnc1C. The fourth-order valence-electron chi connectivity index (χ4n) is 2.10. The Labute approximate surface area is 149 Å². The second-order valence-corrected chi connectivity index (χ2v) is 5.75. The first-order valence-electron chi connectivity index (χ1n) is 7.45. The summed E-state index contributed by atoms with van der Waals surface area (Å²) in [5.74, 6) is -0.347. The van der Waals surface area contributed by atoms with Crippen LogP contribution in [0.15, 0.2) is 34.6 Å². The summed E-state index contributed by atoms with van der Waals surface area (Å²) in [4.78, 5) is 23.1. The van der Waals surface area contributed by atoms with E-state index in [9.17, 15) is 4.79 Å². The van der Waals surface area contributed by atoms with Crippen molar-refractivity contribution in [2.75, 3.05) is 14.2 Å². The lowest BCUT2D eigenvalue weighted by molar-refractivity contribution is -0.114. The lowest BCUT2D eigenvalue weighted by atomic mass is 10.0. The molecule has 2 rings (SSSR count). The van der Waals surface area contributed by atoms with E-state index in [1.807, 2.05) is 32.0 Å². The van der Waals surface area contributed by atoms with Crippen LogP contribution in [0.5, 0.6) is 0 Å². The van der Waals surface area contributed by atoms with Gasteiger partial charge in [-0.05, 0) is 25.4 Å². The number of carbonyl (C=O) groups excluding carboxylic acids is 1. The van der Waals surface area contributed by atoms with Crippen molar-refractivity contribution in [2.45, 2.75) is 20.5 Å². The minimum absolute atomic E-state index is 0.174. The second kappa shape index (κ2) is 8.88.